The minimum Gasteiger partial charge on any atom is -0.463 e. The van der Waals surface area contributed by atoms with Crippen molar-refractivity contribution in [3.8, 4) is 0 Å². The lowest BCUT2D eigenvalue weighted by Crippen LogP contribution is -2.30. The molecule has 3 heterocycles. The summed E-state index contributed by atoms with van der Waals surface area (Å²) < 4.78 is 12.1. The molecule has 0 atom stereocenters. The number of imide groups is 1. The van der Waals surface area contributed by atoms with Gasteiger partial charge in [-0.2, -0.15) is 0 Å². The molecule has 4 aromatic rings. The molecule has 0 bridgehead atoms. The topological polar surface area (TPSA) is 93.8 Å². The van der Waals surface area contributed by atoms with Gasteiger partial charge in [-0.3, -0.25) is 9.69 Å². The number of carbonyl (C=O) groups excluding carboxylic acids is 3. The summed E-state index contributed by atoms with van der Waals surface area (Å²) in [5, 5.41) is 3.62. The van der Waals surface area contributed by atoms with E-state index in [4.69, 9.17) is 4.42 Å². The summed E-state index contributed by atoms with van der Waals surface area (Å²) in [5.74, 6) is -0.798. The van der Waals surface area contributed by atoms with E-state index in [1.165, 1.54) is 19.2 Å². The molecule has 34 heavy (non-hydrogen) atoms. The number of methoxy groups -OCH3 is 1. The Hall–Kier alpha value is -4.59. The summed E-state index contributed by atoms with van der Waals surface area (Å²) in [7, 11) is 1.25. The zero-order chi connectivity index (χ0) is 23.7. The Morgan fingerprint density at radius 2 is 1.76 bits per heavy atom. The Kier molecular flexibility index (Phi) is 5.47. The van der Waals surface area contributed by atoms with E-state index >= 15 is 0 Å². The van der Waals surface area contributed by atoms with Crippen molar-refractivity contribution < 1.29 is 23.5 Å². The molecule has 2 aromatic carbocycles. The fraction of sp³-hybridized carbons (Fsp3) is 0.115. The van der Waals surface area contributed by atoms with Crippen molar-refractivity contribution in [1.82, 2.24) is 14.8 Å². The predicted octanol–water partition coefficient (Wildman–Crippen LogP) is 4.16. The van der Waals surface area contributed by atoms with Crippen molar-refractivity contribution >= 4 is 34.9 Å². The lowest BCUT2D eigenvalue weighted by molar-refractivity contribution is -0.123. The number of furan rings is 1. The van der Waals surface area contributed by atoms with Crippen molar-refractivity contribution in [2.45, 2.75) is 13.1 Å². The van der Waals surface area contributed by atoms with E-state index in [1.807, 2.05) is 48.7 Å². The van der Waals surface area contributed by atoms with Gasteiger partial charge < -0.3 is 19.0 Å². The third-order valence-electron chi connectivity index (χ3n) is 5.64. The molecular formula is C26H21N3O5. The van der Waals surface area contributed by atoms with Crippen LogP contribution >= 0.6 is 0 Å². The van der Waals surface area contributed by atoms with Crippen LogP contribution in [0.25, 0.3) is 17.0 Å². The molecule has 1 aliphatic rings. The molecule has 2 aromatic heterocycles. The first kappa shape index (κ1) is 21.3. The van der Waals surface area contributed by atoms with E-state index < -0.39 is 17.9 Å². The van der Waals surface area contributed by atoms with Gasteiger partial charge in [-0.15, -0.1) is 0 Å². The smallest absolute Gasteiger partial charge is 0.373 e. The molecule has 8 nitrogen and oxygen atoms in total. The largest absolute Gasteiger partial charge is 0.463 e. The number of ether oxygens (including phenoxy) is 1. The SMILES string of the molecule is COC(=O)c1ccc(CN2C(=O)N/C(=C\c3cn(Cc4ccccc4)c4ccccc34)C2=O)o1. The maximum atomic E-state index is 13.0. The Morgan fingerprint density at radius 3 is 2.56 bits per heavy atom. The molecule has 1 fully saturated rings. The van der Waals surface area contributed by atoms with Gasteiger partial charge >= 0.3 is 12.0 Å². The van der Waals surface area contributed by atoms with Crippen LogP contribution in [0.15, 0.2) is 83.0 Å². The fourth-order valence-corrected chi connectivity index (χ4v) is 4.00. The number of hydrogen-bond donors (Lipinski definition) is 1. The van der Waals surface area contributed by atoms with E-state index in [0.29, 0.717) is 12.3 Å². The highest BCUT2D eigenvalue weighted by Gasteiger charge is 2.34. The van der Waals surface area contributed by atoms with E-state index in [2.05, 4.69) is 26.8 Å². The summed E-state index contributed by atoms with van der Waals surface area (Å²) >= 11 is 0. The molecule has 1 N–H and O–H groups in total. The zero-order valence-electron chi connectivity index (χ0n) is 18.4. The van der Waals surface area contributed by atoms with Gasteiger partial charge in [0.15, 0.2) is 0 Å². The van der Waals surface area contributed by atoms with Crippen LogP contribution < -0.4 is 5.32 Å². The quantitative estimate of drug-likeness (QED) is 0.268. The maximum absolute atomic E-state index is 13.0. The molecule has 0 saturated carbocycles. The predicted molar refractivity (Wildman–Crippen MR) is 125 cm³/mol. The Bertz CT molecular complexity index is 1430. The normalized spacial score (nSPS) is 14.7. The monoisotopic (exact) mass is 455 g/mol. The van der Waals surface area contributed by atoms with Crippen LogP contribution in [0.2, 0.25) is 0 Å². The molecule has 1 saturated heterocycles. The molecule has 0 aliphatic carbocycles. The van der Waals surface area contributed by atoms with Crippen LogP contribution in [0.4, 0.5) is 4.79 Å². The second-order valence-corrected chi connectivity index (χ2v) is 7.85. The molecule has 0 unspecified atom stereocenters. The number of hydrogen-bond acceptors (Lipinski definition) is 5. The van der Waals surface area contributed by atoms with Gasteiger partial charge in [0.05, 0.1) is 13.7 Å². The van der Waals surface area contributed by atoms with Crippen LogP contribution in [-0.4, -0.2) is 34.5 Å². The summed E-state index contributed by atoms with van der Waals surface area (Å²) in [4.78, 5) is 38.1. The van der Waals surface area contributed by atoms with E-state index in [9.17, 15) is 14.4 Å². The van der Waals surface area contributed by atoms with E-state index in [1.54, 1.807) is 6.08 Å². The summed E-state index contributed by atoms with van der Waals surface area (Å²) in [6.45, 7) is 0.576. The van der Waals surface area contributed by atoms with Crippen LogP contribution in [-0.2, 0) is 22.6 Å². The van der Waals surface area contributed by atoms with Crippen molar-refractivity contribution in [2.24, 2.45) is 0 Å². The first-order chi connectivity index (χ1) is 16.5. The average Bonchev–Trinajstić information content (AvgIpc) is 3.53. The van der Waals surface area contributed by atoms with Gasteiger partial charge in [0.25, 0.3) is 5.91 Å². The van der Waals surface area contributed by atoms with Gasteiger partial charge in [0, 0.05) is 29.2 Å². The highest BCUT2D eigenvalue weighted by molar-refractivity contribution is 6.14. The summed E-state index contributed by atoms with van der Waals surface area (Å²) in [6, 6.07) is 20.4. The summed E-state index contributed by atoms with van der Waals surface area (Å²) in [6.07, 6.45) is 3.66. The van der Waals surface area contributed by atoms with Gasteiger partial charge in [0.1, 0.15) is 11.5 Å². The first-order valence-electron chi connectivity index (χ1n) is 10.7. The fourth-order valence-electron chi connectivity index (χ4n) is 4.00. The number of aromatic nitrogens is 1. The lowest BCUT2D eigenvalue weighted by atomic mass is 10.1. The van der Waals surface area contributed by atoms with E-state index in [0.717, 1.165) is 26.9 Å². The molecule has 170 valence electrons. The molecule has 0 spiro atoms. The highest BCUT2D eigenvalue weighted by atomic mass is 16.5. The lowest BCUT2D eigenvalue weighted by Gasteiger charge is -2.09. The van der Waals surface area contributed by atoms with Crippen molar-refractivity contribution in [3.05, 3.63) is 101 Å². The average molecular weight is 455 g/mol. The number of nitrogens with zero attached hydrogens (tertiary/aromatic N) is 2. The second kappa shape index (κ2) is 8.74. The van der Waals surface area contributed by atoms with Gasteiger partial charge in [-0.1, -0.05) is 48.5 Å². The highest BCUT2D eigenvalue weighted by Crippen LogP contribution is 2.26. The minimum atomic E-state index is -0.629. The van der Waals surface area contributed by atoms with Crippen molar-refractivity contribution in [2.75, 3.05) is 7.11 Å². The molecule has 5 rings (SSSR count). The molecule has 0 radical (unpaired) electrons. The zero-order valence-corrected chi connectivity index (χ0v) is 18.4. The standard InChI is InChI=1S/C26H21N3O5/c1-33-25(31)23-12-11-19(34-23)16-29-24(30)21(27-26(29)32)13-18-15-28(14-17-7-3-2-4-8-17)22-10-6-5-9-20(18)22/h2-13,15H,14,16H2,1H3,(H,27,32)/b21-13-. The van der Waals surface area contributed by atoms with Gasteiger partial charge in [0.2, 0.25) is 5.76 Å². The third kappa shape index (κ3) is 3.97. The Labute approximate surface area is 195 Å². The van der Waals surface area contributed by atoms with Crippen LogP contribution in [0.1, 0.15) is 27.4 Å². The first-order valence-corrected chi connectivity index (χ1v) is 10.7. The number of benzene rings is 2. The number of para-hydroxylation sites is 1. The number of carbonyl (C=O) groups is 3. The van der Waals surface area contributed by atoms with E-state index in [-0.39, 0.29) is 18.0 Å². The number of amides is 3. The number of nitrogens with one attached hydrogen (secondary N) is 1. The minimum absolute atomic E-state index is 0.00606. The maximum Gasteiger partial charge on any atom is 0.373 e. The number of urea groups is 1. The van der Waals surface area contributed by atoms with Gasteiger partial charge in [-0.25, -0.2) is 9.59 Å². The summed E-state index contributed by atoms with van der Waals surface area (Å²) in [5.41, 5.74) is 3.18. The Morgan fingerprint density at radius 1 is 1.00 bits per heavy atom. The van der Waals surface area contributed by atoms with Crippen molar-refractivity contribution in [1.29, 1.82) is 0 Å². The molecule has 3 amide bonds. The number of fused-ring (bicyclic) bond motifs is 1. The van der Waals surface area contributed by atoms with Crippen molar-refractivity contribution in [3.63, 3.8) is 0 Å². The van der Waals surface area contributed by atoms with Gasteiger partial charge in [-0.05, 0) is 29.8 Å². The Balaban J connectivity index is 1.42. The third-order valence-corrected chi connectivity index (χ3v) is 5.64. The number of rotatable bonds is 6. The van der Waals surface area contributed by atoms with Crippen LogP contribution in [0, 0.1) is 0 Å². The van der Waals surface area contributed by atoms with Crippen LogP contribution in [0.3, 0.4) is 0 Å². The second-order valence-electron chi connectivity index (χ2n) is 7.85. The molecule has 1 aliphatic heterocycles. The number of esters is 1. The van der Waals surface area contributed by atoms with Crippen LogP contribution in [0.5, 0.6) is 0 Å². The molecule has 8 heteroatoms. The molecular weight excluding hydrogens is 434 g/mol.